The average molecular weight is 565 g/mol. The topological polar surface area (TPSA) is 88.9 Å². The van der Waals surface area contributed by atoms with Crippen LogP contribution in [0.15, 0.2) is 125 Å². The Morgan fingerprint density at radius 1 is 0.902 bits per heavy atom. The van der Waals surface area contributed by atoms with Crippen molar-refractivity contribution in [3.8, 4) is 0 Å². The second-order valence-corrected chi connectivity index (χ2v) is 11.0. The normalized spacial score (nSPS) is 18.1. The minimum absolute atomic E-state index is 0.173. The van der Waals surface area contributed by atoms with Gasteiger partial charge < -0.3 is 14.5 Å². The highest BCUT2D eigenvalue weighted by Gasteiger charge is 2.54. The molecule has 0 aliphatic carbocycles. The molecule has 0 unspecified atom stereocenters. The van der Waals surface area contributed by atoms with Gasteiger partial charge >= 0.3 is 5.97 Å². The molecule has 2 atom stereocenters. The molecule has 8 heteroatoms. The van der Waals surface area contributed by atoms with E-state index in [1.807, 2.05) is 97.1 Å². The zero-order valence-corrected chi connectivity index (χ0v) is 23.0. The first kappa shape index (κ1) is 26.7. The quantitative estimate of drug-likeness (QED) is 0.226. The van der Waals surface area contributed by atoms with Crippen molar-refractivity contribution in [1.29, 1.82) is 0 Å². The van der Waals surface area contributed by atoms with Crippen LogP contribution in [0.3, 0.4) is 0 Å². The highest BCUT2D eigenvalue weighted by Crippen LogP contribution is 2.42. The van der Waals surface area contributed by atoms with Crippen molar-refractivity contribution >= 4 is 29.5 Å². The number of hydrogen-bond acceptors (Lipinski definition) is 6. The van der Waals surface area contributed by atoms with Gasteiger partial charge in [-0.05, 0) is 34.4 Å². The fourth-order valence-corrected chi connectivity index (χ4v) is 6.53. The molecule has 7 nitrogen and oxygen atoms in total. The van der Waals surface area contributed by atoms with Crippen LogP contribution in [0, 0.1) is 0 Å². The van der Waals surface area contributed by atoms with Gasteiger partial charge in [0.25, 0.3) is 5.91 Å². The summed E-state index contributed by atoms with van der Waals surface area (Å²) in [5.41, 5.74) is 3.47. The maximum absolute atomic E-state index is 14.0. The SMILES string of the molecule is O=C(Cc1ccccc1)N[C@@H]1C(=O)N2C(C(=O)OC(c3ccccc3)c3ccccc3)=C(Cc3ccco3)CS[C@@H]12. The molecule has 4 aromatic rings. The van der Waals surface area contributed by atoms with Crippen LogP contribution >= 0.6 is 11.8 Å². The van der Waals surface area contributed by atoms with Crippen molar-refractivity contribution in [3.63, 3.8) is 0 Å². The number of carbonyl (C=O) groups is 3. The maximum Gasteiger partial charge on any atom is 0.356 e. The molecule has 0 bridgehead atoms. The van der Waals surface area contributed by atoms with Gasteiger partial charge in [-0.2, -0.15) is 0 Å². The van der Waals surface area contributed by atoms with E-state index in [-0.39, 0.29) is 23.9 Å². The molecular weight excluding hydrogens is 536 g/mol. The van der Waals surface area contributed by atoms with Crippen LogP contribution in [0.5, 0.6) is 0 Å². The van der Waals surface area contributed by atoms with Gasteiger partial charge in [0.05, 0.1) is 12.7 Å². The number of furan rings is 1. The Labute approximate surface area is 242 Å². The summed E-state index contributed by atoms with van der Waals surface area (Å²) in [5, 5.41) is 2.48. The molecule has 206 valence electrons. The Kier molecular flexibility index (Phi) is 7.73. The summed E-state index contributed by atoms with van der Waals surface area (Å²) in [6, 6.07) is 31.4. The minimum atomic E-state index is -0.719. The Hall–Kier alpha value is -4.56. The molecule has 3 heterocycles. The summed E-state index contributed by atoms with van der Waals surface area (Å²) in [5.74, 6) is 0.0251. The third-order valence-electron chi connectivity index (χ3n) is 7.16. The highest BCUT2D eigenvalue weighted by molar-refractivity contribution is 8.00. The van der Waals surface area contributed by atoms with Crippen molar-refractivity contribution in [2.75, 3.05) is 5.75 Å². The number of nitrogens with one attached hydrogen (secondary N) is 1. The Balaban J connectivity index is 1.27. The first-order chi connectivity index (χ1) is 20.1. The monoisotopic (exact) mass is 564 g/mol. The number of carbonyl (C=O) groups excluding carboxylic acids is 3. The van der Waals surface area contributed by atoms with Crippen molar-refractivity contribution in [2.24, 2.45) is 0 Å². The molecule has 41 heavy (non-hydrogen) atoms. The van der Waals surface area contributed by atoms with Gasteiger partial charge in [-0.3, -0.25) is 14.5 Å². The lowest BCUT2D eigenvalue weighted by Gasteiger charge is -2.49. The number of ether oxygens (including phenoxy) is 1. The summed E-state index contributed by atoms with van der Waals surface area (Å²) in [6.07, 6.45) is 1.47. The summed E-state index contributed by atoms with van der Waals surface area (Å²) >= 11 is 1.52. The fourth-order valence-electron chi connectivity index (χ4n) is 5.18. The lowest BCUT2D eigenvalue weighted by molar-refractivity contribution is -0.154. The Morgan fingerprint density at radius 3 is 2.15 bits per heavy atom. The number of β-lactam (4-membered cyclic amide) rings is 1. The summed E-state index contributed by atoms with van der Waals surface area (Å²) in [7, 11) is 0. The van der Waals surface area contributed by atoms with Gasteiger partial charge in [-0.15, -0.1) is 11.8 Å². The van der Waals surface area contributed by atoms with Crippen LogP contribution in [0.2, 0.25) is 0 Å². The molecule has 2 aliphatic heterocycles. The van der Waals surface area contributed by atoms with E-state index in [0.29, 0.717) is 17.9 Å². The van der Waals surface area contributed by atoms with Crippen LogP contribution in [0.1, 0.15) is 28.6 Å². The molecule has 6 rings (SSSR count). The fraction of sp³-hybridized carbons (Fsp3) is 0.182. The molecule has 0 radical (unpaired) electrons. The number of fused-ring (bicyclic) bond motifs is 1. The van der Waals surface area contributed by atoms with E-state index in [1.54, 1.807) is 12.3 Å². The Bertz CT molecular complexity index is 1520. The number of benzene rings is 3. The van der Waals surface area contributed by atoms with E-state index in [2.05, 4.69) is 5.32 Å². The van der Waals surface area contributed by atoms with Gasteiger partial charge in [0.2, 0.25) is 5.91 Å². The minimum Gasteiger partial charge on any atom is -0.469 e. The van der Waals surface area contributed by atoms with E-state index in [1.165, 1.54) is 16.7 Å². The van der Waals surface area contributed by atoms with Crippen molar-refractivity contribution in [2.45, 2.75) is 30.4 Å². The molecule has 0 spiro atoms. The molecule has 1 saturated heterocycles. The van der Waals surface area contributed by atoms with Gasteiger partial charge in [-0.25, -0.2) is 4.79 Å². The summed E-state index contributed by atoms with van der Waals surface area (Å²) < 4.78 is 11.8. The number of hydrogen-bond donors (Lipinski definition) is 1. The number of thioether (sulfide) groups is 1. The molecule has 1 aromatic heterocycles. The van der Waals surface area contributed by atoms with Crippen LogP contribution in [-0.2, 0) is 32.0 Å². The van der Waals surface area contributed by atoms with Crippen LogP contribution in [-0.4, -0.2) is 39.9 Å². The predicted octanol–water partition coefficient (Wildman–Crippen LogP) is 5.05. The molecular formula is C33H28N2O5S. The van der Waals surface area contributed by atoms with E-state index in [0.717, 1.165) is 22.3 Å². The zero-order chi connectivity index (χ0) is 28.2. The first-order valence-electron chi connectivity index (χ1n) is 13.4. The van der Waals surface area contributed by atoms with Gasteiger partial charge in [-0.1, -0.05) is 91.0 Å². The molecule has 2 aliphatic rings. The highest BCUT2D eigenvalue weighted by atomic mass is 32.2. The van der Waals surface area contributed by atoms with Gasteiger partial charge in [0.1, 0.15) is 22.9 Å². The van der Waals surface area contributed by atoms with Crippen molar-refractivity contribution < 1.29 is 23.5 Å². The lowest BCUT2D eigenvalue weighted by atomic mass is 9.99. The molecule has 1 fully saturated rings. The first-order valence-corrected chi connectivity index (χ1v) is 14.5. The van der Waals surface area contributed by atoms with Crippen LogP contribution in [0.25, 0.3) is 0 Å². The molecule has 0 saturated carbocycles. The van der Waals surface area contributed by atoms with Gasteiger partial charge in [0.15, 0.2) is 6.10 Å². The second-order valence-electron chi connectivity index (χ2n) is 9.93. The Morgan fingerprint density at radius 2 is 1.54 bits per heavy atom. The average Bonchev–Trinajstić information content (AvgIpc) is 3.53. The van der Waals surface area contributed by atoms with Crippen LogP contribution < -0.4 is 5.32 Å². The third kappa shape index (κ3) is 5.69. The van der Waals surface area contributed by atoms with E-state index in [4.69, 9.17) is 9.15 Å². The molecule has 1 N–H and O–H groups in total. The number of nitrogens with zero attached hydrogens (tertiary/aromatic N) is 1. The number of rotatable bonds is 9. The maximum atomic E-state index is 14.0. The zero-order valence-electron chi connectivity index (χ0n) is 22.1. The predicted molar refractivity (Wildman–Crippen MR) is 155 cm³/mol. The number of amides is 2. The second kappa shape index (κ2) is 11.9. The smallest absolute Gasteiger partial charge is 0.356 e. The summed E-state index contributed by atoms with van der Waals surface area (Å²) in [6.45, 7) is 0. The third-order valence-corrected chi connectivity index (χ3v) is 8.50. The number of esters is 1. The molecule has 2 amide bonds. The van der Waals surface area contributed by atoms with Crippen molar-refractivity contribution in [3.05, 3.63) is 143 Å². The van der Waals surface area contributed by atoms with E-state index >= 15 is 0 Å². The largest absolute Gasteiger partial charge is 0.469 e. The standard InChI is InChI=1S/C33H28N2O5S/c36-27(19-22-11-4-1-5-12-22)34-28-31(37)35-29(25(21-41-32(28)35)20-26-17-10-18-39-26)33(38)40-30(23-13-6-2-7-14-23)24-15-8-3-9-16-24/h1-18,28,30,32H,19-21H2,(H,34,36)/t28-,32+/m1/s1. The van der Waals surface area contributed by atoms with Crippen molar-refractivity contribution in [1.82, 2.24) is 10.2 Å². The van der Waals surface area contributed by atoms with Gasteiger partial charge in [0, 0.05) is 12.2 Å². The van der Waals surface area contributed by atoms with E-state index < -0.39 is 23.5 Å². The van der Waals surface area contributed by atoms with Crippen LogP contribution in [0.4, 0.5) is 0 Å². The molecule has 3 aromatic carbocycles. The lowest BCUT2D eigenvalue weighted by Crippen LogP contribution is -2.70. The summed E-state index contributed by atoms with van der Waals surface area (Å²) in [4.78, 5) is 41.8. The van der Waals surface area contributed by atoms with E-state index in [9.17, 15) is 14.4 Å².